The number of rotatable bonds is 3. The lowest BCUT2D eigenvalue weighted by Gasteiger charge is -2.31. The summed E-state index contributed by atoms with van der Waals surface area (Å²) in [5.41, 5.74) is 1.88. The largest absolute Gasteiger partial charge is 0.426 e. The zero-order valence-electron chi connectivity index (χ0n) is 17.2. The fraction of sp³-hybridized carbons (Fsp3) is 0.190. The fourth-order valence-electron chi connectivity index (χ4n) is 3.64. The van der Waals surface area contributed by atoms with Crippen LogP contribution in [0.3, 0.4) is 0 Å². The molecule has 0 saturated heterocycles. The molecule has 8 nitrogen and oxygen atoms in total. The Bertz CT molecular complexity index is 1330. The molecule has 164 valence electrons. The lowest BCUT2D eigenvalue weighted by atomic mass is 10.0. The number of aromatic amines is 1. The molecule has 3 aromatic rings. The number of thioether (sulfide) groups is 1. The van der Waals surface area contributed by atoms with Crippen LogP contribution in [0.5, 0.6) is 5.75 Å². The maximum atomic E-state index is 13.1. The second-order valence-electron chi connectivity index (χ2n) is 6.96. The van der Waals surface area contributed by atoms with Crippen molar-refractivity contribution in [3.8, 4) is 17.0 Å². The van der Waals surface area contributed by atoms with Crippen molar-refractivity contribution in [1.29, 1.82) is 0 Å². The van der Waals surface area contributed by atoms with Gasteiger partial charge in [-0.05, 0) is 63.3 Å². The van der Waals surface area contributed by atoms with Gasteiger partial charge in [0.05, 0.1) is 15.7 Å². The van der Waals surface area contributed by atoms with Crippen LogP contribution in [0.15, 0.2) is 55.3 Å². The number of H-pyrrole nitrogens is 1. The number of hydrogen-bond acceptors (Lipinski definition) is 6. The van der Waals surface area contributed by atoms with Gasteiger partial charge in [-0.3, -0.25) is 19.4 Å². The quantitative estimate of drug-likeness (QED) is 0.219. The third-order valence-electron chi connectivity index (χ3n) is 4.85. The van der Waals surface area contributed by atoms with Crippen LogP contribution in [-0.4, -0.2) is 28.2 Å². The third kappa shape index (κ3) is 4.00. The number of anilines is 1. The number of hydrogen-bond donors (Lipinski definition) is 1. The van der Waals surface area contributed by atoms with E-state index in [0.717, 1.165) is 4.47 Å². The molecule has 11 heteroatoms. The van der Waals surface area contributed by atoms with Crippen LogP contribution >= 0.6 is 43.6 Å². The Hall–Kier alpha value is -2.50. The van der Waals surface area contributed by atoms with Gasteiger partial charge in [0.25, 0.3) is 6.17 Å². The molecule has 32 heavy (non-hydrogen) atoms. The van der Waals surface area contributed by atoms with Gasteiger partial charge in [0.1, 0.15) is 5.75 Å². The average Bonchev–Trinajstić information content (AvgIpc) is 2.73. The monoisotopic (exact) mass is 579 g/mol. The topological polar surface area (TPSA) is 96.2 Å². The van der Waals surface area contributed by atoms with Crippen molar-refractivity contribution in [2.75, 3.05) is 11.2 Å². The van der Waals surface area contributed by atoms with Gasteiger partial charge in [-0.2, -0.15) is 0 Å². The molecule has 0 unspecified atom stereocenters. The lowest BCUT2D eigenvalue weighted by molar-refractivity contribution is -0.763. The summed E-state index contributed by atoms with van der Waals surface area (Å²) in [5, 5.41) is 5.04. The summed E-state index contributed by atoms with van der Waals surface area (Å²) in [4.78, 5) is 41.7. The summed E-state index contributed by atoms with van der Waals surface area (Å²) >= 11 is 8.18. The molecule has 1 atom stereocenters. The van der Waals surface area contributed by atoms with E-state index in [9.17, 15) is 14.4 Å². The molecule has 0 fully saturated rings. The first-order valence-electron chi connectivity index (χ1n) is 9.39. The number of carbonyl (C=O) groups is 2. The van der Waals surface area contributed by atoms with Crippen LogP contribution < -0.4 is 19.9 Å². The molecule has 4 rings (SSSR count). The number of esters is 1. The molecular formula is C21H17Br2N4O4S+. The van der Waals surface area contributed by atoms with Crippen LogP contribution in [0.25, 0.3) is 11.3 Å². The van der Waals surface area contributed by atoms with Crippen molar-refractivity contribution in [3.05, 3.63) is 61.3 Å². The molecule has 0 aliphatic carbocycles. The van der Waals surface area contributed by atoms with E-state index in [4.69, 9.17) is 4.74 Å². The van der Waals surface area contributed by atoms with Gasteiger partial charge >= 0.3 is 17.2 Å². The SMILES string of the molecule is CSc1n[n+]2c(c(=O)[nH]1)-c1cc(Br)ccc1N(C(C)=O)[C@H]2c1ccc(OC(C)=O)c(Br)c1. The Morgan fingerprint density at radius 2 is 1.94 bits per heavy atom. The number of ether oxygens (including phenoxy) is 1. The number of carbonyl (C=O) groups excluding carboxylic acids is 2. The highest BCUT2D eigenvalue weighted by atomic mass is 79.9. The van der Waals surface area contributed by atoms with Gasteiger partial charge in [-0.25, -0.2) is 4.90 Å². The number of halogens is 2. The standard InChI is InChI=1S/C21H16Br2N4O4S/c1-10(28)26-16-6-5-13(22)9-14(16)18-19(30)24-21(32-3)25-27(18)20(26)12-4-7-17(15(23)8-12)31-11(2)29/h4-9,20H,1-3H3/p+1/t20-/m1/s1. The van der Waals surface area contributed by atoms with Gasteiger partial charge in [0, 0.05) is 29.0 Å². The summed E-state index contributed by atoms with van der Waals surface area (Å²) in [6.45, 7) is 2.79. The van der Waals surface area contributed by atoms with Crippen molar-refractivity contribution >= 4 is 61.2 Å². The van der Waals surface area contributed by atoms with E-state index in [-0.39, 0.29) is 11.5 Å². The van der Waals surface area contributed by atoms with E-state index in [2.05, 4.69) is 41.9 Å². The van der Waals surface area contributed by atoms with Gasteiger partial charge in [0.2, 0.25) is 11.1 Å². The molecule has 0 saturated carbocycles. The first kappa shape index (κ1) is 22.7. The number of nitrogens with one attached hydrogen (secondary N) is 1. The summed E-state index contributed by atoms with van der Waals surface area (Å²) in [6, 6.07) is 10.5. The number of nitrogens with zero attached hydrogens (tertiary/aromatic N) is 3. The molecule has 1 aliphatic rings. The normalized spacial score (nSPS) is 14.5. The highest BCUT2D eigenvalue weighted by Gasteiger charge is 2.45. The minimum Gasteiger partial charge on any atom is -0.426 e. The van der Waals surface area contributed by atoms with Crippen molar-refractivity contribution in [2.24, 2.45) is 0 Å². The second-order valence-corrected chi connectivity index (χ2v) is 9.53. The zero-order valence-corrected chi connectivity index (χ0v) is 21.2. The van der Waals surface area contributed by atoms with Crippen LogP contribution in [0.4, 0.5) is 5.69 Å². The molecule has 2 aromatic carbocycles. The van der Waals surface area contributed by atoms with Gasteiger partial charge in [-0.15, -0.1) is 0 Å². The number of fused-ring (bicyclic) bond motifs is 3. The van der Waals surface area contributed by atoms with Crippen LogP contribution in [0, 0.1) is 0 Å². The molecule has 1 amide bonds. The molecule has 0 radical (unpaired) electrons. The Balaban J connectivity index is 2.02. The summed E-state index contributed by atoms with van der Waals surface area (Å²) < 4.78 is 8.07. The minimum atomic E-state index is -0.730. The number of amides is 1. The van der Waals surface area contributed by atoms with Gasteiger partial charge < -0.3 is 4.74 Å². The molecule has 1 aliphatic heterocycles. The van der Waals surface area contributed by atoms with Crippen LogP contribution in [0.2, 0.25) is 0 Å². The van der Waals surface area contributed by atoms with E-state index in [0.29, 0.717) is 37.9 Å². The average molecular weight is 581 g/mol. The van der Waals surface area contributed by atoms with Crippen molar-refractivity contribution in [1.82, 2.24) is 10.1 Å². The Labute approximate surface area is 204 Å². The predicted octanol–water partition coefficient (Wildman–Crippen LogP) is 3.81. The lowest BCUT2D eigenvalue weighted by Crippen LogP contribution is -2.60. The maximum absolute atomic E-state index is 13.1. The molecule has 0 bridgehead atoms. The first-order valence-corrected chi connectivity index (χ1v) is 12.2. The highest BCUT2D eigenvalue weighted by Crippen LogP contribution is 2.40. The smallest absolute Gasteiger partial charge is 0.325 e. The van der Waals surface area contributed by atoms with E-state index < -0.39 is 12.1 Å². The van der Waals surface area contributed by atoms with E-state index in [1.165, 1.54) is 25.6 Å². The maximum Gasteiger partial charge on any atom is 0.325 e. The van der Waals surface area contributed by atoms with Crippen LogP contribution in [-0.2, 0) is 9.59 Å². The van der Waals surface area contributed by atoms with Crippen molar-refractivity contribution in [2.45, 2.75) is 25.2 Å². The summed E-state index contributed by atoms with van der Waals surface area (Å²) in [6.07, 6.45) is 1.08. The second kappa shape index (κ2) is 8.80. The molecule has 1 aromatic heterocycles. The van der Waals surface area contributed by atoms with Crippen LogP contribution in [0.1, 0.15) is 25.6 Å². The zero-order chi connectivity index (χ0) is 23.2. The van der Waals surface area contributed by atoms with Gasteiger partial charge in [0.15, 0.2) is 0 Å². The molecule has 0 spiro atoms. The number of aromatic nitrogens is 3. The minimum absolute atomic E-state index is 0.218. The first-order chi connectivity index (χ1) is 15.2. The van der Waals surface area contributed by atoms with E-state index in [1.807, 2.05) is 6.07 Å². The Morgan fingerprint density at radius 3 is 2.56 bits per heavy atom. The fourth-order valence-corrected chi connectivity index (χ4v) is 4.85. The van der Waals surface area contributed by atoms with Crippen molar-refractivity contribution in [3.63, 3.8) is 0 Å². The molecular weight excluding hydrogens is 564 g/mol. The summed E-state index contributed by atoms with van der Waals surface area (Å²) in [5.74, 6) is -0.312. The van der Waals surface area contributed by atoms with E-state index in [1.54, 1.807) is 46.2 Å². The third-order valence-corrected chi connectivity index (χ3v) is 6.54. The Kier molecular flexibility index (Phi) is 6.24. The predicted molar refractivity (Wildman–Crippen MR) is 127 cm³/mol. The van der Waals surface area contributed by atoms with E-state index >= 15 is 0 Å². The van der Waals surface area contributed by atoms with Crippen molar-refractivity contribution < 1.29 is 19.0 Å². The molecule has 1 N–H and O–H groups in total. The summed E-state index contributed by atoms with van der Waals surface area (Å²) in [7, 11) is 0. The highest BCUT2D eigenvalue weighted by molar-refractivity contribution is 9.10. The van der Waals surface area contributed by atoms with Gasteiger partial charge in [-0.1, -0.05) is 27.7 Å². The Morgan fingerprint density at radius 1 is 1.19 bits per heavy atom. The number of benzene rings is 2. The molecule has 2 heterocycles.